The van der Waals surface area contributed by atoms with Gasteiger partial charge in [0.1, 0.15) is 28.6 Å². The van der Waals surface area contributed by atoms with Gasteiger partial charge in [0.2, 0.25) is 0 Å². The van der Waals surface area contributed by atoms with E-state index in [1.807, 2.05) is 6.07 Å². The SMILES string of the molecule is CC(NC(=O)c1cc(-c2cccnc2)ncn1)c1ncc(C(=O)Nc2ccc(CF)c(Cl)c2)s1. The van der Waals surface area contributed by atoms with Gasteiger partial charge in [0.05, 0.1) is 17.9 Å². The van der Waals surface area contributed by atoms with Crippen molar-refractivity contribution in [1.82, 2.24) is 25.3 Å². The summed E-state index contributed by atoms with van der Waals surface area (Å²) in [4.78, 5) is 42.2. The number of anilines is 1. The fourth-order valence-electron chi connectivity index (χ4n) is 3.00. The fraction of sp³-hybridized carbons (Fsp3) is 0.130. The first-order valence-electron chi connectivity index (χ1n) is 10.1. The number of rotatable bonds is 7. The average molecular weight is 497 g/mol. The summed E-state index contributed by atoms with van der Waals surface area (Å²) < 4.78 is 12.8. The van der Waals surface area contributed by atoms with Crippen LogP contribution in [0.2, 0.25) is 5.02 Å². The second kappa shape index (κ2) is 10.4. The number of thiazole rings is 1. The molecule has 0 saturated carbocycles. The highest BCUT2D eigenvalue weighted by atomic mass is 35.5. The number of carbonyl (C=O) groups excluding carboxylic acids is 2. The molecule has 3 heterocycles. The summed E-state index contributed by atoms with van der Waals surface area (Å²) >= 11 is 7.14. The molecule has 2 amide bonds. The van der Waals surface area contributed by atoms with Crippen LogP contribution in [0.25, 0.3) is 11.3 Å². The van der Waals surface area contributed by atoms with Gasteiger partial charge in [0.25, 0.3) is 11.8 Å². The predicted octanol–water partition coefficient (Wildman–Crippen LogP) is 4.86. The van der Waals surface area contributed by atoms with Crippen LogP contribution in [0.4, 0.5) is 10.1 Å². The van der Waals surface area contributed by atoms with Gasteiger partial charge in [-0.05, 0) is 37.3 Å². The molecule has 4 aromatic rings. The molecule has 3 aromatic heterocycles. The summed E-state index contributed by atoms with van der Waals surface area (Å²) in [6, 6.07) is 9.31. The van der Waals surface area contributed by atoms with Gasteiger partial charge >= 0.3 is 0 Å². The van der Waals surface area contributed by atoms with Crippen LogP contribution in [0.15, 0.2) is 61.3 Å². The Bertz CT molecular complexity index is 1330. The summed E-state index contributed by atoms with van der Waals surface area (Å²) in [5.74, 6) is -0.785. The highest BCUT2D eigenvalue weighted by Gasteiger charge is 2.19. The molecule has 1 unspecified atom stereocenters. The summed E-state index contributed by atoms with van der Waals surface area (Å²) in [7, 11) is 0. The topological polar surface area (TPSA) is 110 Å². The highest BCUT2D eigenvalue weighted by molar-refractivity contribution is 7.13. The number of carbonyl (C=O) groups is 2. The number of alkyl halides is 1. The van der Waals surface area contributed by atoms with Crippen LogP contribution in [0.5, 0.6) is 0 Å². The average Bonchev–Trinajstić information content (AvgIpc) is 3.36. The second-order valence-electron chi connectivity index (χ2n) is 7.18. The van der Waals surface area contributed by atoms with Crippen molar-refractivity contribution in [1.29, 1.82) is 0 Å². The van der Waals surface area contributed by atoms with Crippen molar-refractivity contribution in [2.75, 3.05) is 5.32 Å². The number of nitrogens with one attached hydrogen (secondary N) is 2. The van der Waals surface area contributed by atoms with E-state index in [0.717, 1.165) is 16.9 Å². The van der Waals surface area contributed by atoms with E-state index in [-0.39, 0.29) is 16.6 Å². The normalized spacial score (nSPS) is 11.6. The largest absolute Gasteiger partial charge is 0.342 e. The van der Waals surface area contributed by atoms with Gasteiger partial charge in [0.15, 0.2) is 0 Å². The lowest BCUT2D eigenvalue weighted by Gasteiger charge is -2.11. The highest BCUT2D eigenvalue weighted by Crippen LogP contribution is 2.25. The molecule has 0 aliphatic heterocycles. The minimum atomic E-state index is -0.686. The number of pyridine rings is 1. The predicted molar refractivity (Wildman–Crippen MR) is 127 cm³/mol. The molecule has 0 saturated heterocycles. The Balaban J connectivity index is 1.41. The standard InChI is InChI=1S/C23H18ClFN6O2S/c1-13(30-21(32)19-8-18(28-12-29-19)15-3-2-6-26-10-15)23-27-11-20(34-23)22(33)31-16-5-4-14(9-25)17(24)7-16/h2-8,10-13H,9H2,1H3,(H,30,32)(H,31,33). The summed E-state index contributed by atoms with van der Waals surface area (Å²) in [6.45, 7) is 1.08. The molecule has 0 radical (unpaired) electrons. The molecule has 0 aliphatic rings. The zero-order valence-electron chi connectivity index (χ0n) is 17.8. The van der Waals surface area contributed by atoms with E-state index in [4.69, 9.17) is 11.6 Å². The quantitative estimate of drug-likeness (QED) is 0.378. The molecule has 11 heteroatoms. The Labute approximate surface area is 203 Å². The van der Waals surface area contributed by atoms with Crippen molar-refractivity contribution in [2.45, 2.75) is 19.6 Å². The van der Waals surface area contributed by atoms with Gasteiger partial charge < -0.3 is 10.6 Å². The number of nitrogens with zero attached hydrogens (tertiary/aromatic N) is 4. The molecule has 1 aromatic carbocycles. The Morgan fingerprint density at radius 3 is 2.71 bits per heavy atom. The van der Waals surface area contributed by atoms with Crippen LogP contribution in [0.1, 0.15) is 43.7 Å². The van der Waals surface area contributed by atoms with Crippen molar-refractivity contribution in [3.8, 4) is 11.3 Å². The van der Waals surface area contributed by atoms with Crippen molar-refractivity contribution in [3.63, 3.8) is 0 Å². The van der Waals surface area contributed by atoms with E-state index in [9.17, 15) is 14.0 Å². The van der Waals surface area contributed by atoms with E-state index in [2.05, 4.69) is 30.6 Å². The Morgan fingerprint density at radius 2 is 1.97 bits per heavy atom. The zero-order chi connectivity index (χ0) is 24.1. The lowest BCUT2D eigenvalue weighted by molar-refractivity contribution is 0.0934. The van der Waals surface area contributed by atoms with Crippen molar-refractivity contribution < 1.29 is 14.0 Å². The minimum Gasteiger partial charge on any atom is -0.342 e. The third-order valence-corrected chi connectivity index (χ3v) is 6.31. The monoisotopic (exact) mass is 496 g/mol. The van der Waals surface area contributed by atoms with Crippen LogP contribution in [0, 0.1) is 0 Å². The Morgan fingerprint density at radius 1 is 1.12 bits per heavy atom. The van der Waals surface area contributed by atoms with Gasteiger partial charge in [-0.15, -0.1) is 11.3 Å². The van der Waals surface area contributed by atoms with Gasteiger partial charge in [-0.25, -0.2) is 19.3 Å². The molecule has 1 atom stereocenters. The first-order valence-corrected chi connectivity index (χ1v) is 11.3. The Hall–Kier alpha value is -3.76. The van der Waals surface area contributed by atoms with E-state index in [0.29, 0.717) is 26.8 Å². The van der Waals surface area contributed by atoms with Gasteiger partial charge in [-0.1, -0.05) is 17.7 Å². The van der Waals surface area contributed by atoms with Crippen LogP contribution >= 0.6 is 22.9 Å². The van der Waals surface area contributed by atoms with E-state index in [1.54, 1.807) is 37.5 Å². The van der Waals surface area contributed by atoms with Gasteiger partial charge in [-0.3, -0.25) is 14.6 Å². The third kappa shape index (κ3) is 5.41. The smallest absolute Gasteiger partial charge is 0.270 e. The number of amides is 2. The first kappa shape index (κ1) is 23.4. The molecule has 34 heavy (non-hydrogen) atoms. The van der Waals surface area contributed by atoms with E-state index in [1.165, 1.54) is 24.7 Å². The van der Waals surface area contributed by atoms with Crippen LogP contribution in [-0.4, -0.2) is 31.8 Å². The van der Waals surface area contributed by atoms with Crippen molar-refractivity contribution in [3.05, 3.63) is 87.5 Å². The molecule has 8 nitrogen and oxygen atoms in total. The van der Waals surface area contributed by atoms with Crippen LogP contribution in [-0.2, 0) is 6.67 Å². The van der Waals surface area contributed by atoms with Crippen molar-refractivity contribution >= 4 is 40.4 Å². The maximum atomic E-state index is 12.8. The molecule has 2 N–H and O–H groups in total. The molecule has 0 aliphatic carbocycles. The molecular weight excluding hydrogens is 479 g/mol. The Kier molecular flexibility index (Phi) is 7.19. The lowest BCUT2D eigenvalue weighted by Crippen LogP contribution is -2.27. The number of benzene rings is 1. The lowest BCUT2D eigenvalue weighted by atomic mass is 10.2. The zero-order valence-corrected chi connectivity index (χ0v) is 19.4. The summed E-state index contributed by atoms with van der Waals surface area (Å²) in [5.41, 5.74) is 2.33. The van der Waals surface area contributed by atoms with Crippen LogP contribution < -0.4 is 10.6 Å². The molecular formula is C23H18ClFN6O2S. The number of halogens is 2. The fourth-order valence-corrected chi connectivity index (χ4v) is 4.05. The molecule has 0 spiro atoms. The third-order valence-electron chi connectivity index (χ3n) is 4.78. The molecule has 4 rings (SSSR count). The first-order chi connectivity index (χ1) is 16.4. The molecule has 172 valence electrons. The number of hydrogen-bond acceptors (Lipinski definition) is 7. The number of hydrogen-bond donors (Lipinski definition) is 2. The molecule has 0 fully saturated rings. The minimum absolute atomic E-state index is 0.198. The summed E-state index contributed by atoms with van der Waals surface area (Å²) in [6.07, 6.45) is 6.05. The van der Waals surface area contributed by atoms with Gasteiger partial charge in [0, 0.05) is 34.2 Å². The van der Waals surface area contributed by atoms with Gasteiger partial charge in [-0.2, -0.15) is 0 Å². The second-order valence-corrected chi connectivity index (χ2v) is 8.65. The van der Waals surface area contributed by atoms with E-state index < -0.39 is 18.6 Å². The van der Waals surface area contributed by atoms with E-state index >= 15 is 0 Å². The maximum absolute atomic E-state index is 12.8. The maximum Gasteiger partial charge on any atom is 0.270 e. The number of aromatic nitrogens is 4. The van der Waals surface area contributed by atoms with Crippen LogP contribution in [0.3, 0.4) is 0 Å². The summed E-state index contributed by atoms with van der Waals surface area (Å²) in [5, 5.41) is 6.32. The molecule has 0 bridgehead atoms. The van der Waals surface area contributed by atoms with Crippen molar-refractivity contribution in [2.24, 2.45) is 0 Å².